The molecule has 0 fully saturated rings. The van der Waals surface area contributed by atoms with E-state index in [0.717, 1.165) is 0 Å². The number of hydrogen-bond acceptors (Lipinski definition) is 0. The number of benzene rings is 1. The van der Waals surface area contributed by atoms with Crippen molar-refractivity contribution in [2.45, 2.75) is 131 Å². The number of alkyl halides is 46. The molecule has 0 N–H and O–H groups in total. The minimum Gasteiger partial charge on any atom is -0.209 e. The summed E-state index contributed by atoms with van der Waals surface area (Å²) in [6, 6.07) is -6.09. The Morgan fingerprint density at radius 3 is 0.440 bits per heavy atom. The van der Waals surface area contributed by atoms with Crippen LogP contribution in [-0.4, -0.2) is 119 Å². The van der Waals surface area contributed by atoms with Crippen LogP contribution in [0.4, 0.5) is 202 Å². The van der Waals surface area contributed by atoms with Gasteiger partial charge in [0, 0.05) is 0 Å². The first-order valence-electron chi connectivity index (χ1n) is 15.9. The van der Waals surface area contributed by atoms with E-state index >= 15 is 0 Å². The summed E-state index contributed by atoms with van der Waals surface area (Å²) in [6.45, 7) is 0. The minimum absolute atomic E-state index is 0. The summed E-state index contributed by atoms with van der Waals surface area (Å²) in [6.07, 6.45) is -16.9. The van der Waals surface area contributed by atoms with Crippen molar-refractivity contribution >= 4 is 0 Å². The van der Waals surface area contributed by atoms with Gasteiger partial charge in [-0.3, -0.25) is 0 Å². The second-order valence-corrected chi connectivity index (χ2v) is 14.0. The van der Waals surface area contributed by atoms with E-state index < -0.39 is 160 Å². The van der Waals surface area contributed by atoms with Crippen LogP contribution < -0.4 is 18.9 Å². The number of hydrogen-bond donors (Lipinski definition) is 0. The van der Waals surface area contributed by atoms with Gasteiger partial charge in [0.05, 0.1) is 0 Å². The van der Waals surface area contributed by atoms with E-state index in [1.165, 1.54) is 0 Å². The zero-order valence-corrected chi connectivity index (χ0v) is 32.6. The smallest absolute Gasteiger partial charge is 0.209 e. The molecule has 75 heavy (non-hydrogen) atoms. The molecule has 0 aliphatic heterocycles. The summed E-state index contributed by atoms with van der Waals surface area (Å²) in [4.78, 5) is 0. The molecule has 47 heteroatoms. The van der Waals surface area contributed by atoms with E-state index in [9.17, 15) is 202 Å². The van der Waals surface area contributed by atoms with Crippen LogP contribution in [0.15, 0.2) is 18.2 Å². The third kappa shape index (κ3) is 8.42. The molecule has 0 aromatic heterocycles. The summed E-state index contributed by atoms with van der Waals surface area (Å²) < 4.78 is 631. The predicted octanol–water partition coefficient (Wildman–Crippen LogP) is 13.2. The van der Waals surface area contributed by atoms with Crippen molar-refractivity contribution in [1.82, 2.24) is 0 Å². The molecule has 0 heterocycles. The fourth-order valence-corrected chi connectivity index (χ4v) is 4.71. The third-order valence-corrected chi connectivity index (χ3v) is 9.32. The second kappa shape index (κ2) is 17.8. The standard InChI is InChI=1S/C28H3F46.Li/c29-7(30,9(33,34)11(37,38)13(41,42)15(45,46)17(49,50)19(53,54)21(57,58)23(61,62)25(65,66)27(69,70)71)5-2-1-3-6(4-5)8(31,32)10(35,36)12(39,40)14(43,44)16(47,48)18(51,52)20(55,56)22(59,60)24(63,64)26(67,68)28(72,73)74;/h2-4H;/q-1;+1. The molecule has 0 bridgehead atoms. The van der Waals surface area contributed by atoms with Gasteiger partial charge < -0.3 is 0 Å². The number of rotatable bonds is 20. The van der Waals surface area contributed by atoms with Gasteiger partial charge in [-0.05, 0) is 0 Å². The Kier molecular flexibility index (Phi) is 17.0. The summed E-state index contributed by atoms with van der Waals surface area (Å²) in [5, 5.41) is 0. The molecular weight excluding hydrogens is 1220 g/mol. The van der Waals surface area contributed by atoms with Gasteiger partial charge in [0.2, 0.25) is 0 Å². The first-order valence-corrected chi connectivity index (χ1v) is 15.9. The van der Waals surface area contributed by atoms with Crippen LogP contribution in [0.25, 0.3) is 0 Å². The fraction of sp³-hybridized carbons (Fsp3) is 0.786. The van der Waals surface area contributed by atoms with Crippen molar-refractivity contribution < 1.29 is 221 Å². The van der Waals surface area contributed by atoms with E-state index in [-0.39, 0.29) is 24.9 Å². The maximum absolute atomic E-state index is 14.7. The van der Waals surface area contributed by atoms with Crippen LogP contribution in [0.2, 0.25) is 0 Å². The summed E-state index contributed by atoms with van der Waals surface area (Å²) in [7, 11) is 0. The van der Waals surface area contributed by atoms with E-state index in [0.29, 0.717) is 0 Å². The van der Waals surface area contributed by atoms with Crippen LogP contribution >= 0.6 is 0 Å². The van der Waals surface area contributed by atoms with Gasteiger partial charge in [-0.25, -0.2) is 17.6 Å². The monoisotopic (exact) mass is 1220 g/mol. The molecule has 0 nitrogen and oxygen atoms in total. The van der Waals surface area contributed by atoms with Gasteiger partial charge in [0.1, 0.15) is 0 Å². The molecule has 0 saturated heterocycles. The quantitative estimate of drug-likeness (QED) is 0.0693. The molecule has 0 atom stereocenters. The largest absolute Gasteiger partial charge is 1.00 e. The molecule has 0 radical (unpaired) electrons. The molecule has 0 aliphatic rings. The Hall–Kier alpha value is -3.40. The Labute approximate surface area is 387 Å². The maximum Gasteiger partial charge on any atom is 1.00 e. The average Bonchev–Trinajstić information content (AvgIpc) is 3.18. The van der Waals surface area contributed by atoms with Gasteiger partial charge >= 0.3 is 150 Å². The summed E-state index contributed by atoms with van der Waals surface area (Å²) >= 11 is 0. The Morgan fingerprint density at radius 1 is 0.187 bits per heavy atom. The molecular formula is C28H3F46Li. The molecule has 0 saturated carbocycles. The normalized spacial score (nSPS) is 16.8. The van der Waals surface area contributed by atoms with Crippen molar-refractivity contribution in [3.8, 4) is 0 Å². The van der Waals surface area contributed by atoms with Crippen molar-refractivity contribution in [2.75, 3.05) is 0 Å². The van der Waals surface area contributed by atoms with Gasteiger partial charge in [-0.2, -0.15) is 209 Å². The van der Waals surface area contributed by atoms with Crippen LogP contribution in [0, 0.1) is 6.07 Å². The predicted molar refractivity (Wildman–Crippen MR) is 134 cm³/mol. The van der Waals surface area contributed by atoms with E-state index in [4.69, 9.17) is 0 Å². The summed E-state index contributed by atoms with van der Waals surface area (Å²) in [5.74, 6) is -192. The molecule has 0 amide bonds. The van der Waals surface area contributed by atoms with Crippen molar-refractivity contribution in [3.63, 3.8) is 0 Å². The maximum atomic E-state index is 14.7. The summed E-state index contributed by atoms with van der Waals surface area (Å²) in [5.41, 5.74) is -8.81. The van der Waals surface area contributed by atoms with Gasteiger partial charge in [-0.15, -0.1) is 0 Å². The van der Waals surface area contributed by atoms with Crippen molar-refractivity contribution in [2.24, 2.45) is 0 Å². The Morgan fingerprint density at radius 2 is 0.307 bits per heavy atom. The van der Waals surface area contributed by atoms with Crippen LogP contribution in [-0.2, 0) is 11.8 Å². The SMILES string of the molecule is FC(F)(F)C(F)(F)C(F)(F)C(F)(F)C(F)(F)C(F)(F)C(F)(F)C(F)(F)C(F)(F)C(F)(F)C(F)(F)c1c[c-]cc(C(F)(F)C(F)(F)C(F)(F)C(F)(F)C(F)(F)C(F)(F)C(F)(F)C(F)(F)C(F)(F)C(F)(F)C(F)(F)F)c1.[Li+]. The second-order valence-electron chi connectivity index (χ2n) is 14.0. The first kappa shape index (κ1) is 71.6. The fourth-order valence-electron chi connectivity index (χ4n) is 4.71. The molecule has 0 aliphatic carbocycles. The topological polar surface area (TPSA) is 0 Å². The van der Waals surface area contributed by atoms with Crippen LogP contribution in [0.3, 0.4) is 0 Å². The van der Waals surface area contributed by atoms with E-state index in [1.54, 1.807) is 0 Å². The van der Waals surface area contributed by atoms with Crippen LogP contribution in [0.1, 0.15) is 11.1 Å². The van der Waals surface area contributed by atoms with Gasteiger partial charge in [0.25, 0.3) is 0 Å². The minimum atomic E-state index is -10.1. The molecule has 0 unspecified atom stereocenters. The molecule has 438 valence electrons. The van der Waals surface area contributed by atoms with Crippen LogP contribution in [0.5, 0.6) is 0 Å². The van der Waals surface area contributed by atoms with Gasteiger partial charge in [0.15, 0.2) is 0 Å². The molecule has 1 aromatic rings. The molecule has 0 spiro atoms. The van der Waals surface area contributed by atoms with E-state index in [1.807, 2.05) is 0 Å². The van der Waals surface area contributed by atoms with E-state index in [2.05, 4.69) is 0 Å². The van der Waals surface area contributed by atoms with Crippen molar-refractivity contribution in [1.29, 1.82) is 0 Å². The molecule has 1 rings (SSSR count). The average molecular weight is 1220 g/mol. The molecule has 1 aromatic carbocycles. The zero-order valence-electron chi connectivity index (χ0n) is 32.6. The Balaban J connectivity index is 0.0000548. The first-order chi connectivity index (χ1) is 31.2. The Bertz CT molecular complexity index is 2050. The van der Waals surface area contributed by atoms with Gasteiger partial charge in [-0.1, -0.05) is 11.1 Å². The zero-order chi connectivity index (χ0) is 61.0. The third-order valence-electron chi connectivity index (χ3n) is 9.32. The number of halogens is 46. The van der Waals surface area contributed by atoms with Crippen molar-refractivity contribution in [3.05, 3.63) is 35.4 Å².